The van der Waals surface area contributed by atoms with E-state index in [1.807, 2.05) is 13.8 Å². The van der Waals surface area contributed by atoms with Crippen LogP contribution in [0.1, 0.15) is 31.5 Å². The van der Waals surface area contributed by atoms with Gasteiger partial charge in [0.2, 0.25) is 0 Å². The Kier molecular flexibility index (Phi) is 3.96. The zero-order valence-corrected chi connectivity index (χ0v) is 9.47. The van der Waals surface area contributed by atoms with Crippen molar-refractivity contribution in [2.45, 2.75) is 26.9 Å². The van der Waals surface area contributed by atoms with Gasteiger partial charge in [0.15, 0.2) is 17.5 Å². The molecule has 1 atom stereocenters. The second-order valence-corrected chi connectivity index (χ2v) is 3.24. The normalized spacial score (nSPS) is 12.6. The molecule has 1 heterocycles. The number of ether oxygens (including phenoxy) is 1. The first-order valence-electron chi connectivity index (χ1n) is 4.90. The summed E-state index contributed by atoms with van der Waals surface area (Å²) in [6.07, 6.45) is -0.235. The Labute approximate surface area is 88.9 Å². The number of hydrogen-bond donors (Lipinski definition) is 1. The van der Waals surface area contributed by atoms with Crippen molar-refractivity contribution in [2.24, 2.45) is 0 Å². The molecule has 1 unspecified atom stereocenters. The number of anilines is 1. The molecule has 0 fully saturated rings. The minimum absolute atomic E-state index is 0.235. The summed E-state index contributed by atoms with van der Waals surface area (Å²) in [5.41, 5.74) is 0.333. The van der Waals surface area contributed by atoms with Crippen LogP contribution in [0.3, 0.4) is 0 Å². The summed E-state index contributed by atoms with van der Waals surface area (Å²) in [6.45, 7) is 5.94. The number of halogens is 1. The van der Waals surface area contributed by atoms with E-state index in [0.29, 0.717) is 18.1 Å². The van der Waals surface area contributed by atoms with Crippen molar-refractivity contribution >= 4 is 5.82 Å². The lowest BCUT2D eigenvalue weighted by Crippen LogP contribution is -2.11. The molecule has 0 amide bonds. The number of nitrogens with one attached hydrogen (secondary N) is 1. The smallest absolute Gasteiger partial charge is 0.186 e. The van der Waals surface area contributed by atoms with Gasteiger partial charge in [0.1, 0.15) is 6.10 Å². The topological polar surface area (TPSA) is 47.0 Å². The Balaban J connectivity index is 3.11. The predicted octanol–water partition coefficient (Wildman–Crippen LogP) is 2.06. The molecule has 0 aliphatic heterocycles. The van der Waals surface area contributed by atoms with Crippen LogP contribution in [0.5, 0.6) is 0 Å². The maximum Gasteiger partial charge on any atom is 0.186 e. The van der Waals surface area contributed by atoms with E-state index in [4.69, 9.17) is 4.74 Å². The average Bonchev–Trinajstić information content (AvgIpc) is 2.23. The maximum atomic E-state index is 13.5. The summed E-state index contributed by atoms with van der Waals surface area (Å²) in [7, 11) is 1.57. The van der Waals surface area contributed by atoms with Crippen molar-refractivity contribution in [3.63, 3.8) is 0 Å². The lowest BCUT2D eigenvalue weighted by atomic mass is 10.3. The minimum atomic E-state index is -0.399. The van der Waals surface area contributed by atoms with Gasteiger partial charge >= 0.3 is 0 Å². The van der Waals surface area contributed by atoms with Crippen molar-refractivity contribution in [1.82, 2.24) is 9.97 Å². The van der Waals surface area contributed by atoms with Gasteiger partial charge in [-0.1, -0.05) is 0 Å². The molecule has 4 nitrogen and oxygen atoms in total. The van der Waals surface area contributed by atoms with Crippen molar-refractivity contribution in [2.75, 3.05) is 19.0 Å². The second-order valence-electron chi connectivity index (χ2n) is 3.24. The number of methoxy groups -OCH3 is 1. The van der Waals surface area contributed by atoms with Gasteiger partial charge in [-0.2, -0.15) is 0 Å². The highest BCUT2D eigenvalue weighted by Gasteiger charge is 2.14. The predicted molar refractivity (Wildman–Crippen MR) is 56.3 cm³/mol. The van der Waals surface area contributed by atoms with Gasteiger partial charge in [-0.05, 0) is 20.8 Å². The third-order valence-electron chi connectivity index (χ3n) is 2.10. The largest absolute Gasteiger partial charge is 0.374 e. The van der Waals surface area contributed by atoms with Gasteiger partial charge in [-0.3, -0.25) is 0 Å². The zero-order chi connectivity index (χ0) is 11.4. The monoisotopic (exact) mass is 213 g/mol. The van der Waals surface area contributed by atoms with Gasteiger partial charge < -0.3 is 10.1 Å². The summed E-state index contributed by atoms with van der Waals surface area (Å²) < 4.78 is 18.6. The molecular weight excluding hydrogens is 197 g/mol. The van der Waals surface area contributed by atoms with E-state index in [0.717, 1.165) is 0 Å². The van der Waals surface area contributed by atoms with E-state index >= 15 is 0 Å². The summed E-state index contributed by atoms with van der Waals surface area (Å²) in [4.78, 5) is 8.11. The molecule has 84 valence electrons. The Bertz CT molecular complexity index is 344. The van der Waals surface area contributed by atoms with Crippen LogP contribution in [0, 0.1) is 12.7 Å². The van der Waals surface area contributed by atoms with Gasteiger partial charge in [0, 0.05) is 13.7 Å². The van der Waals surface area contributed by atoms with E-state index in [2.05, 4.69) is 15.3 Å². The van der Waals surface area contributed by atoms with Gasteiger partial charge in [-0.25, -0.2) is 14.4 Å². The van der Waals surface area contributed by atoms with Gasteiger partial charge in [0.05, 0.1) is 5.69 Å². The van der Waals surface area contributed by atoms with Crippen molar-refractivity contribution in [1.29, 1.82) is 0 Å². The fraction of sp³-hybridized carbons (Fsp3) is 0.600. The molecule has 1 aromatic rings. The van der Waals surface area contributed by atoms with E-state index in [-0.39, 0.29) is 11.9 Å². The highest BCUT2D eigenvalue weighted by atomic mass is 19.1. The van der Waals surface area contributed by atoms with Crippen molar-refractivity contribution in [3.8, 4) is 0 Å². The second kappa shape index (κ2) is 5.02. The number of hydrogen-bond acceptors (Lipinski definition) is 4. The molecule has 0 saturated carbocycles. The van der Waals surface area contributed by atoms with Crippen LogP contribution < -0.4 is 5.32 Å². The minimum Gasteiger partial charge on any atom is -0.374 e. The van der Waals surface area contributed by atoms with E-state index < -0.39 is 5.82 Å². The Hall–Kier alpha value is -1.23. The van der Waals surface area contributed by atoms with Crippen LogP contribution in [0.2, 0.25) is 0 Å². The molecule has 1 aromatic heterocycles. The van der Waals surface area contributed by atoms with Gasteiger partial charge in [-0.15, -0.1) is 0 Å². The summed E-state index contributed by atoms with van der Waals surface area (Å²) in [5.74, 6) is 0.333. The standard InChI is InChI=1S/C10H16FN3O/c1-5-12-10-8(11)6(2)13-9(14-10)7(3)15-4/h7H,5H2,1-4H3,(H,12,13,14). The Morgan fingerprint density at radius 2 is 2.13 bits per heavy atom. The first kappa shape index (κ1) is 11.8. The van der Waals surface area contributed by atoms with Crippen molar-refractivity contribution < 1.29 is 9.13 Å². The Morgan fingerprint density at radius 1 is 1.47 bits per heavy atom. The van der Waals surface area contributed by atoms with Crippen molar-refractivity contribution in [3.05, 3.63) is 17.3 Å². The van der Waals surface area contributed by atoms with E-state index in [1.54, 1.807) is 14.0 Å². The molecule has 0 aliphatic rings. The third kappa shape index (κ3) is 2.62. The van der Waals surface area contributed by atoms with Gasteiger partial charge in [0.25, 0.3) is 0 Å². The molecule has 1 rings (SSSR count). The molecule has 15 heavy (non-hydrogen) atoms. The summed E-state index contributed by atoms with van der Waals surface area (Å²) >= 11 is 0. The van der Waals surface area contributed by atoms with E-state index in [1.165, 1.54) is 0 Å². The highest BCUT2D eigenvalue weighted by molar-refractivity contribution is 5.38. The molecule has 0 spiro atoms. The number of aryl methyl sites for hydroxylation is 1. The first-order chi connectivity index (χ1) is 7.10. The molecule has 0 radical (unpaired) electrons. The number of nitrogens with zero attached hydrogens (tertiary/aromatic N) is 2. The number of aromatic nitrogens is 2. The molecular formula is C10H16FN3O. The Morgan fingerprint density at radius 3 is 2.67 bits per heavy atom. The zero-order valence-electron chi connectivity index (χ0n) is 9.47. The maximum absolute atomic E-state index is 13.5. The highest BCUT2D eigenvalue weighted by Crippen LogP contribution is 2.18. The van der Waals surface area contributed by atoms with Crippen LogP contribution in [0.4, 0.5) is 10.2 Å². The fourth-order valence-corrected chi connectivity index (χ4v) is 1.15. The first-order valence-corrected chi connectivity index (χ1v) is 4.90. The lowest BCUT2D eigenvalue weighted by molar-refractivity contribution is 0.112. The lowest BCUT2D eigenvalue weighted by Gasteiger charge is -2.12. The molecule has 5 heteroatoms. The van der Waals surface area contributed by atoms with E-state index in [9.17, 15) is 4.39 Å². The van der Waals surface area contributed by atoms with Crippen LogP contribution >= 0.6 is 0 Å². The molecule has 0 saturated heterocycles. The molecule has 0 bridgehead atoms. The van der Waals surface area contributed by atoms with Crippen LogP contribution in [-0.4, -0.2) is 23.6 Å². The average molecular weight is 213 g/mol. The molecule has 0 aromatic carbocycles. The molecule has 1 N–H and O–H groups in total. The summed E-state index contributed by atoms with van der Waals surface area (Å²) in [6, 6.07) is 0. The molecule has 0 aliphatic carbocycles. The fourth-order valence-electron chi connectivity index (χ4n) is 1.15. The summed E-state index contributed by atoms with van der Waals surface area (Å²) in [5, 5.41) is 2.85. The van der Waals surface area contributed by atoms with Crippen LogP contribution in [-0.2, 0) is 4.74 Å². The number of rotatable bonds is 4. The van der Waals surface area contributed by atoms with Crippen LogP contribution in [0.15, 0.2) is 0 Å². The SMILES string of the molecule is CCNc1nc(C(C)OC)nc(C)c1F. The third-order valence-corrected chi connectivity index (χ3v) is 2.10. The van der Waals surface area contributed by atoms with Crippen LogP contribution in [0.25, 0.3) is 0 Å². The quantitative estimate of drug-likeness (QED) is 0.831.